The summed E-state index contributed by atoms with van der Waals surface area (Å²) in [4.78, 5) is 11.0. The Morgan fingerprint density at radius 3 is 3.00 bits per heavy atom. The second-order valence-electron chi connectivity index (χ2n) is 3.29. The minimum atomic E-state index is 0.146. The summed E-state index contributed by atoms with van der Waals surface area (Å²) in [6.45, 7) is 1.58. The monoisotopic (exact) mass is 206 g/mol. The number of fused-ring (bicyclic) bond motifs is 1. The molecule has 14 heavy (non-hydrogen) atoms. The first-order valence-electron chi connectivity index (χ1n) is 4.36. The molecular weight excluding hydrogens is 196 g/mol. The van der Waals surface area contributed by atoms with Gasteiger partial charge in [-0.3, -0.25) is 4.79 Å². The van der Waals surface area contributed by atoms with Crippen LogP contribution < -0.4 is 0 Å². The quantitative estimate of drug-likeness (QED) is 0.820. The van der Waals surface area contributed by atoms with Gasteiger partial charge in [-0.15, -0.1) is 11.3 Å². The highest BCUT2D eigenvalue weighted by molar-refractivity contribution is 7.17. The summed E-state index contributed by atoms with van der Waals surface area (Å²) in [5, 5.41) is 12.5. The van der Waals surface area contributed by atoms with E-state index in [1.165, 1.54) is 11.3 Å². The first kappa shape index (κ1) is 9.21. The van der Waals surface area contributed by atoms with Gasteiger partial charge >= 0.3 is 0 Å². The van der Waals surface area contributed by atoms with Gasteiger partial charge in [0.25, 0.3) is 0 Å². The SMILES string of the molecule is CC(=O)Cc1csc2c(O)cccc12. The van der Waals surface area contributed by atoms with E-state index in [0.717, 1.165) is 15.6 Å². The zero-order chi connectivity index (χ0) is 10.1. The average molecular weight is 206 g/mol. The van der Waals surface area contributed by atoms with Crippen molar-refractivity contribution in [3.63, 3.8) is 0 Å². The smallest absolute Gasteiger partial charge is 0.134 e. The Balaban J connectivity index is 2.58. The third-order valence-electron chi connectivity index (χ3n) is 2.10. The molecule has 0 atom stereocenters. The van der Waals surface area contributed by atoms with Crippen molar-refractivity contribution in [3.8, 4) is 5.75 Å². The summed E-state index contributed by atoms with van der Waals surface area (Å²) in [5.74, 6) is 0.440. The minimum absolute atomic E-state index is 0.146. The van der Waals surface area contributed by atoms with Gasteiger partial charge in [0.2, 0.25) is 0 Å². The van der Waals surface area contributed by atoms with Crippen molar-refractivity contribution in [2.24, 2.45) is 0 Å². The van der Waals surface area contributed by atoms with Crippen molar-refractivity contribution in [1.29, 1.82) is 0 Å². The lowest BCUT2D eigenvalue weighted by molar-refractivity contribution is -0.116. The Bertz CT molecular complexity index is 485. The fourth-order valence-corrected chi connectivity index (χ4v) is 2.49. The minimum Gasteiger partial charge on any atom is -0.506 e. The molecule has 2 aromatic rings. The summed E-state index contributed by atoms with van der Waals surface area (Å²) in [7, 11) is 0. The van der Waals surface area contributed by atoms with Gasteiger partial charge in [0.1, 0.15) is 11.5 Å². The van der Waals surface area contributed by atoms with Gasteiger partial charge in [0, 0.05) is 6.42 Å². The summed E-state index contributed by atoms with van der Waals surface area (Å²) in [6, 6.07) is 5.40. The number of thiophene rings is 1. The Hall–Kier alpha value is -1.35. The van der Waals surface area contributed by atoms with Crippen LogP contribution in [0.2, 0.25) is 0 Å². The first-order valence-corrected chi connectivity index (χ1v) is 5.24. The molecular formula is C11H10O2S. The Labute approximate surface area is 85.8 Å². The van der Waals surface area contributed by atoms with Crippen LogP contribution in [0, 0.1) is 0 Å². The Kier molecular flexibility index (Phi) is 2.25. The van der Waals surface area contributed by atoms with Gasteiger partial charge in [-0.25, -0.2) is 0 Å². The van der Waals surface area contributed by atoms with Crippen LogP contribution in [0.1, 0.15) is 12.5 Å². The zero-order valence-corrected chi connectivity index (χ0v) is 8.60. The molecule has 0 amide bonds. The lowest BCUT2D eigenvalue weighted by Gasteiger charge is -1.96. The fourth-order valence-electron chi connectivity index (χ4n) is 1.50. The summed E-state index contributed by atoms with van der Waals surface area (Å²) >= 11 is 1.48. The average Bonchev–Trinajstić information content (AvgIpc) is 2.49. The van der Waals surface area contributed by atoms with Crippen molar-refractivity contribution in [3.05, 3.63) is 29.1 Å². The van der Waals surface area contributed by atoms with E-state index >= 15 is 0 Å². The number of hydrogen-bond acceptors (Lipinski definition) is 3. The Morgan fingerprint density at radius 2 is 2.29 bits per heavy atom. The molecule has 0 aliphatic rings. The highest BCUT2D eigenvalue weighted by Gasteiger charge is 2.08. The normalized spacial score (nSPS) is 10.6. The molecule has 0 spiro atoms. The number of benzene rings is 1. The summed E-state index contributed by atoms with van der Waals surface area (Å²) < 4.78 is 0.865. The first-order chi connectivity index (χ1) is 6.68. The van der Waals surface area contributed by atoms with Gasteiger partial charge < -0.3 is 5.11 Å². The van der Waals surface area contributed by atoms with Crippen molar-refractivity contribution in [2.75, 3.05) is 0 Å². The second-order valence-corrected chi connectivity index (χ2v) is 4.17. The largest absolute Gasteiger partial charge is 0.506 e. The maximum atomic E-state index is 11.0. The molecule has 2 rings (SSSR count). The van der Waals surface area contributed by atoms with Gasteiger partial charge in [0.15, 0.2) is 0 Å². The van der Waals surface area contributed by atoms with E-state index < -0.39 is 0 Å². The van der Waals surface area contributed by atoms with E-state index in [1.54, 1.807) is 19.1 Å². The van der Waals surface area contributed by atoms with Crippen molar-refractivity contribution >= 4 is 27.2 Å². The van der Waals surface area contributed by atoms with Gasteiger partial charge in [0.05, 0.1) is 4.70 Å². The number of carbonyl (C=O) groups excluding carboxylic acids is 1. The van der Waals surface area contributed by atoms with Crippen LogP contribution in [0.5, 0.6) is 5.75 Å². The van der Waals surface area contributed by atoms with Crippen LogP contribution in [0.15, 0.2) is 23.6 Å². The van der Waals surface area contributed by atoms with E-state index in [1.807, 2.05) is 11.4 Å². The topological polar surface area (TPSA) is 37.3 Å². The van der Waals surface area contributed by atoms with E-state index in [9.17, 15) is 9.90 Å². The maximum absolute atomic E-state index is 11.0. The number of ketones is 1. The predicted molar refractivity (Wildman–Crippen MR) is 57.9 cm³/mol. The molecule has 0 saturated heterocycles. The number of aromatic hydroxyl groups is 1. The molecule has 0 aliphatic heterocycles. The van der Waals surface area contributed by atoms with Crippen LogP contribution in [0.25, 0.3) is 10.1 Å². The van der Waals surface area contributed by atoms with E-state index in [0.29, 0.717) is 12.2 Å². The number of carbonyl (C=O) groups is 1. The lowest BCUT2D eigenvalue weighted by Crippen LogP contribution is -1.94. The van der Waals surface area contributed by atoms with Crippen molar-refractivity contribution < 1.29 is 9.90 Å². The third kappa shape index (κ3) is 1.51. The standard InChI is InChI=1S/C11H10O2S/c1-7(12)5-8-6-14-11-9(8)3-2-4-10(11)13/h2-4,6,13H,5H2,1H3. The van der Waals surface area contributed by atoms with E-state index in [-0.39, 0.29) is 5.78 Å². The molecule has 72 valence electrons. The molecule has 1 N–H and O–H groups in total. The predicted octanol–water partition coefficient (Wildman–Crippen LogP) is 2.74. The fraction of sp³-hybridized carbons (Fsp3) is 0.182. The van der Waals surface area contributed by atoms with Gasteiger partial charge in [-0.05, 0) is 29.3 Å². The van der Waals surface area contributed by atoms with Crippen LogP contribution in [-0.2, 0) is 11.2 Å². The van der Waals surface area contributed by atoms with Crippen LogP contribution in [0.4, 0.5) is 0 Å². The van der Waals surface area contributed by atoms with Gasteiger partial charge in [-0.1, -0.05) is 12.1 Å². The number of hydrogen-bond donors (Lipinski definition) is 1. The molecule has 0 aliphatic carbocycles. The van der Waals surface area contributed by atoms with Crippen molar-refractivity contribution in [1.82, 2.24) is 0 Å². The lowest BCUT2D eigenvalue weighted by atomic mass is 10.1. The summed E-state index contributed by atoms with van der Waals surface area (Å²) in [5.41, 5.74) is 1.01. The molecule has 0 saturated carbocycles. The van der Waals surface area contributed by atoms with Gasteiger partial charge in [-0.2, -0.15) is 0 Å². The summed E-state index contributed by atoms with van der Waals surface area (Å²) in [6.07, 6.45) is 0.448. The molecule has 1 aromatic carbocycles. The number of phenols is 1. The maximum Gasteiger partial charge on any atom is 0.134 e. The molecule has 0 unspecified atom stereocenters. The molecule has 0 fully saturated rings. The number of Topliss-reactive ketones (excluding diaryl/α,β-unsaturated/α-hetero) is 1. The molecule has 0 radical (unpaired) electrons. The van der Waals surface area contributed by atoms with Crippen LogP contribution >= 0.6 is 11.3 Å². The number of phenolic OH excluding ortho intramolecular Hbond substituents is 1. The van der Waals surface area contributed by atoms with E-state index in [2.05, 4.69) is 0 Å². The van der Waals surface area contributed by atoms with Crippen LogP contribution in [0.3, 0.4) is 0 Å². The molecule has 1 aromatic heterocycles. The van der Waals surface area contributed by atoms with Crippen LogP contribution in [-0.4, -0.2) is 10.9 Å². The molecule has 1 heterocycles. The van der Waals surface area contributed by atoms with E-state index in [4.69, 9.17) is 0 Å². The second kappa shape index (κ2) is 3.42. The number of rotatable bonds is 2. The molecule has 0 bridgehead atoms. The molecule has 3 heteroatoms. The Morgan fingerprint density at radius 1 is 1.50 bits per heavy atom. The highest BCUT2D eigenvalue weighted by atomic mass is 32.1. The highest BCUT2D eigenvalue weighted by Crippen LogP contribution is 2.33. The third-order valence-corrected chi connectivity index (χ3v) is 3.17. The molecule has 2 nitrogen and oxygen atoms in total. The van der Waals surface area contributed by atoms with Crippen molar-refractivity contribution in [2.45, 2.75) is 13.3 Å². The zero-order valence-electron chi connectivity index (χ0n) is 7.78.